The van der Waals surface area contributed by atoms with Crippen LogP contribution in [0.5, 0.6) is 0 Å². The molecule has 0 radical (unpaired) electrons. The summed E-state index contributed by atoms with van der Waals surface area (Å²) in [5.41, 5.74) is 0.929. The lowest BCUT2D eigenvalue weighted by Gasteiger charge is -2.23. The van der Waals surface area contributed by atoms with Crippen molar-refractivity contribution in [1.82, 2.24) is 10.2 Å². The molecule has 0 spiro atoms. The predicted molar refractivity (Wildman–Crippen MR) is 83.0 cm³/mol. The minimum atomic E-state index is -2.97. The normalized spacial score (nSPS) is 20.4. The maximum Gasteiger partial charge on any atom is 0.236 e. The molecule has 0 aromatic heterocycles. The van der Waals surface area contributed by atoms with E-state index in [1.807, 2.05) is 18.2 Å². The van der Waals surface area contributed by atoms with E-state index < -0.39 is 9.84 Å². The smallest absolute Gasteiger partial charge is 0.236 e. The zero-order chi connectivity index (χ0) is 15.5. The number of carbonyl (C=O) groups excluding carboxylic acids is 1. The number of likely N-dealkylation sites (N-methyl/N-ethyl adjacent to an activating group) is 1. The molecule has 5 nitrogen and oxygen atoms in total. The van der Waals surface area contributed by atoms with Crippen LogP contribution in [0.1, 0.15) is 12.0 Å². The predicted octanol–water partition coefficient (Wildman–Crippen LogP) is 1.08. The molecule has 1 aromatic carbocycles. The Balaban J connectivity index is 1.81. The number of halogens is 1. The Morgan fingerprint density at radius 1 is 1.43 bits per heavy atom. The van der Waals surface area contributed by atoms with E-state index in [1.54, 1.807) is 13.1 Å². The van der Waals surface area contributed by atoms with E-state index in [0.29, 0.717) is 18.0 Å². The van der Waals surface area contributed by atoms with Crippen molar-refractivity contribution >= 4 is 27.3 Å². The van der Waals surface area contributed by atoms with Gasteiger partial charge in [0, 0.05) is 24.7 Å². The number of carbonyl (C=O) groups is 1. The van der Waals surface area contributed by atoms with Gasteiger partial charge in [0.15, 0.2) is 9.84 Å². The first kappa shape index (κ1) is 16.3. The molecule has 2 rings (SSSR count). The molecule has 1 unspecified atom stereocenters. The van der Waals surface area contributed by atoms with Gasteiger partial charge in [-0.2, -0.15) is 0 Å². The zero-order valence-electron chi connectivity index (χ0n) is 11.9. The van der Waals surface area contributed by atoms with Crippen molar-refractivity contribution < 1.29 is 13.2 Å². The summed E-state index contributed by atoms with van der Waals surface area (Å²) in [7, 11) is -1.32. The molecule has 1 saturated heterocycles. The number of rotatable bonds is 5. The van der Waals surface area contributed by atoms with E-state index in [9.17, 15) is 13.2 Å². The van der Waals surface area contributed by atoms with Crippen molar-refractivity contribution in [2.24, 2.45) is 0 Å². The van der Waals surface area contributed by atoms with Crippen molar-refractivity contribution in [3.05, 3.63) is 34.9 Å². The number of hydrogen-bond acceptors (Lipinski definition) is 4. The van der Waals surface area contributed by atoms with Crippen LogP contribution in [0.2, 0.25) is 5.02 Å². The van der Waals surface area contributed by atoms with Gasteiger partial charge < -0.3 is 10.2 Å². The monoisotopic (exact) mass is 330 g/mol. The second kappa shape index (κ2) is 6.77. The van der Waals surface area contributed by atoms with Gasteiger partial charge in [0.25, 0.3) is 0 Å². The Morgan fingerprint density at radius 3 is 2.76 bits per heavy atom. The van der Waals surface area contributed by atoms with Crippen molar-refractivity contribution in [2.75, 3.05) is 25.1 Å². The lowest BCUT2D eigenvalue weighted by Crippen LogP contribution is -2.42. The summed E-state index contributed by atoms with van der Waals surface area (Å²) in [5.74, 6) is 0.131. The van der Waals surface area contributed by atoms with Crippen LogP contribution in [0.25, 0.3) is 0 Å². The van der Waals surface area contributed by atoms with E-state index in [0.717, 1.165) is 5.56 Å². The minimum absolute atomic E-state index is 0.0692. The van der Waals surface area contributed by atoms with Crippen LogP contribution in [0.3, 0.4) is 0 Å². The van der Waals surface area contributed by atoms with Crippen LogP contribution in [0.15, 0.2) is 24.3 Å². The molecular weight excluding hydrogens is 312 g/mol. The van der Waals surface area contributed by atoms with Crippen LogP contribution in [-0.2, 0) is 21.2 Å². The summed E-state index contributed by atoms with van der Waals surface area (Å²) in [4.78, 5) is 13.6. The fraction of sp³-hybridized carbons (Fsp3) is 0.500. The molecule has 116 valence electrons. The molecule has 1 aliphatic rings. The minimum Gasteiger partial charge on any atom is -0.341 e. The highest BCUT2D eigenvalue weighted by atomic mass is 35.5. The summed E-state index contributed by atoms with van der Waals surface area (Å²) in [6.07, 6.45) is 0.523. The van der Waals surface area contributed by atoms with Crippen molar-refractivity contribution in [2.45, 2.75) is 19.0 Å². The first-order chi connectivity index (χ1) is 9.89. The van der Waals surface area contributed by atoms with Gasteiger partial charge in [-0.15, -0.1) is 0 Å². The van der Waals surface area contributed by atoms with Gasteiger partial charge in [-0.25, -0.2) is 8.42 Å². The molecule has 7 heteroatoms. The lowest BCUT2D eigenvalue weighted by atomic mass is 10.2. The van der Waals surface area contributed by atoms with E-state index in [-0.39, 0.29) is 30.0 Å². The molecule has 0 aliphatic carbocycles. The van der Waals surface area contributed by atoms with Crippen LogP contribution in [0.4, 0.5) is 0 Å². The number of benzene rings is 1. The van der Waals surface area contributed by atoms with Crippen molar-refractivity contribution in [3.8, 4) is 0 Å². The van der Waals surface area contributed by atoms with Crippen LogP contribution in [-0.4, -0.2) is 50.4 Å². The highest BCUT2D eigenvalue weighted by Crippen LogP contribution is 2.17. The Kier molecular flexibility index (Phi) is 5.24. The average Bonchev–Trinajstić information content (AvgIpc) is 2.80. The summed E-state index contributed by atoms with van der Waals surface area (Å²) in [6, 6.07) is 7.23. The van der Waals surface area contributed by atoms with E-state index >= 15 is 0 Å². The molecule has 1 atom stereocenters. The first-order valence-corrected chi connectivity index (χ1v) is 8.99. The molecule has 0 bridgehead atoms. The molecule has 1 N–H and O–H groups in total. The Bertz CT molecular complexity index is 618. The van der Waals surface area contributed by atoms with E-state index in [2.05, 4.69) is 5.32 Å². The highest BCUT2D eigenvalue weighted by molar-refractivity contribution is 7.91. The van der Waals surface area contributed by atoms with Crippen molar-refractivity contribution in [1.29, 1.82) is 0 Å². The second-order valence-corrected chi connectivity index (χ2v) is 7.89. The molecular formula is C14H19ClN2O3S. The second-order valence-electron chi connectivity index (χ2n) is 5.26. The zero-order valence-corrected chi connectivity index (χ0v) is 13.5. The third-order valence-corrected chi connectivity index (χ3v) is 5.82. The standard InChI is InChI=1S/C14H19ClN2O3S/c1-17(12-6-7-21(19,20)10-12)14(18)9-16-8-11-4-2-3-5-13(11)15/h2-5,12,16H,6-10H2,1H3. The number of hydrogen-bond donors (Lipinski definition) is 1. The summed E-state index contributed by atoms with van der Waals surface area (Å²) >= 11 is 6.04. The molecule has 1 fully saturated rings. The fourth-order valence-electron chi connectivity index (χ4n) is 2.36. The summed E-state index contributed by atoms with van der Waals surface area (Å²) in [5, 5.41) is 3.70. The van der Waals surface area contributed by atoms with Gasteiger partial charge in [-0.05, 0) is 18.1 Å². The molecule has 1 amide bonds. The van der Waals surface area contributed by atoms with Gasteiger partial charge in [0.2, 0.25) is 5.91 Å². The fourth-order valence-corrected chi connectivity index (χ4v) is 4.33. The SMILES string of the molecule is CN(C(=O)CNCc1ccccc1Cl)C1CCS(=O)(=O)C1. The summed E-state index contributed by atoms with van der Waals surface area (Å²) in [6.45, 7) is 0.667. The Labute approximate surface area is 130 Å². The third kappa shape index (κ3) is 4.43. The van der Waals surface area contributed by atoms with Gasteiger partial charge in [0.05, 0.1) is 18.1 Å². The van der Waals surface area contributed by atoms with Gasteiger partial charge in [-0.3, -0.25) is 4.79 Å². The molecule has 0 saturated carbocycles. The van der Waals surface area contributed by atoms with E-state index in [1.165, 1.54) is 4.90 Å². The number of nitrogens with one attached hydrogen (secondary N) is 1. The molecule has 1 heterocycles. The quantitative estimate of drug-likeness (QED) is 0.877. The topological polar surface area (TPSA) is 66.5 Å². The summed E-state index contributed by atoms with van der Waals surface area (Å²) < 4.78 is 22.9. The average molecular weight is 331 g/mol. The lowest BCUT2D eigenvalue weighted by molar-refractivity contribution is -0.130. The number of sulfone groups is 1. The van der Waals surface area contributed by atoms with Crippen LogP contribution >= 0.6 is 11.6 Å². The Morgan fingerprint density at radius 2 is 2.14 bits per heavy atom. The highest BCUT2D eigenvalue weighted by Gasteiger charge is 2.32. The maximum atomic E-state index is 12.1. The molecule has 1 aliphatic heterocycles. The van der Waals surface area contributed by atoms with Gasteiger partial charge in [-0.1, -0.05) is 29.8 Å². The molecule has 1 aromatic rings. The van der Waals surface area contributed by atoms with Crippen molar-refractivity contribution in [3.63, 3.8) is 0 Å². The van der Waals surface area contributed by atoms with Crippen LogP contribution < -0.4 is 5.32 Å². The number of nitrogens with zero attached hydrogens (tertiary/aromatic N) is 1. The number of amides is 1. The third-order valence-electron chi connectivity index (χ3n) is 3.70. The van der Waals surface area contributed by atoms with Gasteiger partial charge >= 0.3 is 0 Å². The largest absolute Gasteiger partial charge is 0.341 e. The first-order valence-electron chi connectivity index (χ1n) is 6.79. The van der Waals surface area contributed by atoms with E-state index in [4.69, 9.17) is 11.6 Å². The Hall–Kier alpha value is -1.11. The van der Waals surface area contributed by atoms with Crippen LogP contribution in [0, 0.1) is 0 Å². The van der Waals surface area contributed by atoms with Gasteiger partial charge in [0.1, 0.15) is 0 Å². The molecule has 21 heavy (non-hydrogen) atoms. The maximum absolute atomic E-state index is 12.1.